The fourth-order valence-corrected chi connectivity index (χ4v) is 1.28. The molecular formula is C10H16N6O. The van der Waals surface area contributed by atoms with E-state index in [4.69, 9.17) is 10.3 Å². The van der Waals surface area contributed by atoms with Crippen molar-refractivity contribution in [2.45, 2.75) is 39.7 Å². The molecule has 2 N–H and O–H groups in total. The van der Waals surface area contributed by atoms with Crippen molar-refractivity contribution >= 4 is 5.82 Å². The molecule has 2 rings (SSSR count). The van der Waals surface area contributed by atoms with Crippen LogP contribution in [0.5, 0.6) is 0 Å². The van der Waals surface area contributed by atoms with E-state index >= 15 is 0 Å². The molecule has 0 amide bonds. The quantitative estimate of drug-likeness (QED) is 0.832. The lowest BCUT2D eigenvalue weighted by atomic mass is 9.96. The normalized spacial score (nSPS) is 12.0. The van der Waals surface area contributed by atoms with Gasteiger partial charge in [0.2, 0.25) is 5.89 Å². The van der Waals surface area contributed by atoms with Crippen molar-refractivity contribution in [3.63, 3.8) is 0 Å². The molecule has 0 bridgehead atoms. The summed E-state index contributed by atoms with van der Waals surface area (Å²) in [6, 6.07) is 0. The molecule has 0 aliphatic heterocycles. The minimum atomic E-state index is -0.127. The summed E-state index contributed by atoms with van der Waals surface area (Å²) in [5.74, 6) is 1.60. The van der Waals surface area contributed by atoms with E-state index in [1.54, 1.807) is 4.68 Å². The van der Waals surface area contributed by atoms with Crippen LogP contribution in [0.2, 0.25) is 0 Å². The van der Waals surface area contributed by atoms with Crippen molar-refractivity contribution in [2.24, 2.45) is 0 Å². The number of hydrogen-bond acceptors (Lipinski definition) is 6. The zero-order chi connectivity index (χ0) is 12.6. The molecule has 7 nitrogen and oxygen atoms in total. The van der Waals surface area contributed by atoms with Gasteiger partial charge in [-0.2, -0.15) is 4.98 Å². The third-order valence-electron chi connectivity index (χ3n) is 2.44. The smallest absolute Gasteiger partial charge is 0.248 e. The molecule has 2 heterocycles. The van der Waals surface area contributed by atoms with Crippen LogP contribution in [0, 0.1) is 6.92 Å². The molecule has 0 saturated heterocycles. The minimum absolute atomic E-state index is 0.127. The van der Waals surface area contributed by atoms with E-state index in [2.05, 4.69) is 20.5 Å². The van der Waals surface area contributed by atoms with Gasteiger partial charge in [0.25, 0.3) is 0 Å². The molecule has 0 aromatic carbocycles. The number of aromatic nitrogens is 5. The zero-order valence-corrected chi connectivity index (χ0v) is 10.4. The molecule has 0 spiro atoms. The second kappa shape index (κ2) is 3.83. The van der Waals surface area contributed by atoms with Gasteiger partial charge in [-0.1, -0.05) is 31.1 Å². The van der Waals surface area contributed by atoms with Crippen molar-refractivity contribution in [1.29, 1.82) is 0 Å². The Bertz CT molecular complexity index is 521. The number of hydrogen-bond donors (Lipinski definition) is 1. The van der Waals surface area contributed by atoms with Crippen molar-refractivity contribution in [1.82, 2.24) is 25.1 Å². The van der Waals surface area contributed by atoms with E-state index in [0.717, 1.165) is 5.69 Å². The van der Waals surface area contributed by atoms with Crippen molar-refractivity contribution < 1.29 is 4.52 Å². The molecule has 92 valence electrons. The van der Waals surface area contributed by atoms with Crippen LogP contribution in [0.3, 0.4) is 0 Å². The van der Waals surface area contributed by atoms with Gasteiger partial charge >= 0.3 is 0 Å². The molecule has 0 saturated carbocycles. The van der Waals surface area contributed by atoms with Crippen LogP contribution in [0.1, 0.15) is 38.2 Å². The van der Waals surface area contributed by atoms with E-state index in [0.29, 0.717) is 24.1 Å². The highest BCUT2D eigenvalue weighted by Crippen LogP contribution is 2.18. The first-order chi connectivity index (χ1) is 7.88. The Morgan fingerprint density at radius 1 is 1.35 bits per heavy atom. The third-order valence-corrected chi connectivity index (χ3v) is 2.44. The van der Waals surface area contributed by atoms with E-state index in [1.807, 2.05) is 27.7 Å². The lowest BCUT2D eigenvalue weighted by Crippen LogP contribution is -2.13. The highest BCUT2D eigenvalue weighted by atomic mass is 16.5. The lowest BCUT2D eigenvalue weighted by molar-refractivity contribution is 0.351. The van der Waals surface area contributed by atoms with Gasteiger partial charge in [-0.05, 0) is 6.92 Å². The fraction of sp³-hybridized carbons (Fsp3) is 0.600. The molecule has 7 heteroatoms. The van der Waals surface area contributed by atoms with E-state index in [1.165, 1.54) is 0 Å². The predicted octanol–water partition coefficient (Wildman–Crippen LogP) is 0.898. The highest BCUT2D eigenvalue weighted by Gasteiger charge is 2.21. The average molecular weight is 236 g/mol. The SMILES string of the molecule is Cc1c(N)nnn1Cc1nc(C(C)(C)C)no1. The summed E-state index contributed by atoms with van der Waals surface area (Å²) in [6.07, 6.45) is 0. The first-order valence-electron chi connectivity index (χ1n) is 5.36. The Balaban J connectivity index is 2.20. The van der Waals surface area contributed by atoms with Crippen molar-refractivity contribution in [3.8, 4) is 0 Å². The van der Waals surface area contributed by atoms with Gasteiger partial charge in [-0.25, -0.2) is 4.68 Å². The first kappa shape index (κ1) is 11.6. The maximum Gasteiger partial charge on any atom is 0.248 e. The molecule has 0 fully saturated rings. The maximum absolute atomic E-state index is 5.61. The van der Waals surface area contributed by atoms with E-state index in [-0.39, 0.29) is 5.41 Å². The Kier molecular flexibility index (Phi) is 2.60. The third kappa shape index (κ3) is 2.27. The van der Waals surface area contributed by atoms with E-state index < -0.39 is 0 Å². The summed E-state index contributed by atoms with van der Waals surface area (Å²) >= 11 is 0. The number of nitrogens with two attached hydrogens (primary N) is 1. The van der Waals surface area contributed by atoms with Crippen LogP contribution < -0.4 is 5.73 Å². The molecule has 0 unspecified atom stereocenters. The van der Waals surface area contributed by atoms with Crippen LogP contribution >= 0.6 is 0 Å². The first-order valence-corrected chi connectivity index (χ1v) is 5.36. The van der Waals surface area contributed by atoms with Gasteiger partial charge in [0.15, 0.2) is 11.6 Å². The Morgan fingerprint density at radius 2 is 2.06 bits per heavy atom. The average Bonchev–Trinajstić information content (AvgIpc) is 2.80. The van der Waals surface area contributed by atoms with Crippen molar-refractivity contribution in [3.05, 3.63) is 17.4 Å². The standard InChI is InChI=1S/C10H16N6O/c1-6-8(11)13-15-16(6)5-7-12-9(14-17-7)10(2,3)4/h5,11H2,1-4H3. The topological polar surface area (TPSA) is 95.7 Å². The molecular weight excluding hydrogens is 220 g/mol. The second-order valence-corrected chi connectivity index (χ2v) is 4.98. The number of nitrogens with zero attached hydrogens (tertiary/aromatic N) is 5. The highest BCUT2D eigenvalue weighted by molar-refractivity contribution is 5.31. The van der Waals surface area contributed by atoms with Crippen LogP contribution in [0.4, 0.5) is 5.82 Å². The van der Waals surface area contributed by atoms with Gasteiger partial charge in [0.05, 0.1) is 5.69 Å². The molecule has 0 atom stereocenters. The number of nitrogen functional groups attached to an aromatic ring is 1. The van der Waals surface area contributed by atoms with Crippen LogP contribution in [-0.4, -0.2) is 25.1 Å². The summed E-state index contributed by atoms with van der Waals surface area (Å²) in [4.78, 5) is 4.32. The molecule has 0 aliphatic carbocycles. The molecule has 2 aromatic rings. The minimum Gasteiger partial charge on any atom is -0.381 e. The molecule has 0 aliphatic rings. The largest absolute Gasteiger partial charge is 0.381 e. The zero-order valence-electron chi connectivity index (χ0n) is 10.4. The maximum atomic E-state index is 5.61. The van der Waals surface area contributed by atoms with Crippen molar-refractivity contribution in [2.75, 3.05) is 5.73 Å². The van der Waals surface area contributed by atoms with Gasteiger partial charge in [0.1, 0.15) is 6.54 Å². The van der Waals surface area contributed by atoms with Gasteiger partial charge in [-0.3, -0.25) is 0 Å². The van der Waals surface area contributed by atoms with Gasteiger partial charge in [-0.15, -0.1) is 5.10 Å². The Hall–Kier alpha value is -1.92. The predicted molar refractivity (Wildman–Crippen MR) is 61.3 cm³/mol. The summed E-state index contributed by atoms with van der Waals surface area (Å²) in [6.45, 7) is 8.32. The molecule has 0 radical (unpaired) electrons. The number of rotatable bonds is 2. The Labute approximate surface area is 99.0 Å². The van der Waals surface area contributed by atoms with Crippen LogP contribution in [0.15, 0.2) is 4.52 Å². The van der Waals surface area contributed by atoms with Gasteiger partial charge < -0.3 is 10.3 Å². The monoisotopic (exact) mass is 236 g/mol. The second-order valence-electron chi connectivity index (χ2n) is 4.98. The summed E-state index contributed by atoms with van der Waals surface area (Å²) in [5.41, 5.74) is 6.27. The lowest BCUT2D eigenvalue weighted by Gasteiger charge is -2.10. The Morgan fingerprint density at radius 3 is 2.53 bits per heavy atom. The van der Waals surface area contributed by atoms with Gasteiger partial charge in [0, 0.05) is 5.41 Å². The molecule has 17 heavy (non-hydrogen) atoms. The summed E-state index contributed by atoms with van der Waals surface area (Å²) in [5, 5.41) is 11.6. The number of anilines is 1. The molecule has 2 aromatic heterocycles. The summed E-state index contributed by atoms with van der Waals surface area (Å²) < 4.78 is 6.80. The fourth-order valence-electron chi connectivity index (χ4n) is 1.28. The van der Waals surface area contributed by atoms with Crippen LogP contribution in [-0.2, 0) is 12.0 Å². The summed E-state index contributed by atoms with van der Waals surface area (Å²) in [7, 11) is 0. The van der Waals surface area contributed by atoms with Crippen LogP contribution in [0.25, 0.3) is 0 Å². The van der Waals surface area contributed by atoms with E-state index in [9.17, 15) is 0 Å².